The van der Waals surface area contributed by atoms with E-state index in [1.165, 1.54) is 0 Å². The molecule has 0 aromatic heterocycles. The molecule has 24 heavy (non-hydrogen) atoms. The highest BCUT2D eigenvalue weighted by molar-refractivity contribution is 7.90. The van der Waals surface area contributed by atoms with Gasteiger partial charge in [-0.3, -0.25) is 8.37 Å². The topological polar surface area (TPSA) is 86.7 Å². The van der Waals surface area contributed by atoms with Crippen LogP contribution < -0.4 is 0 Å². The van der Waals surface area contributed by atoms with Crippen LogP contribution in [-0.4, -0.2) is 40.5 Å². The van der Waals surface area contributed by atoms with E-state index in [1.807, 2.05) is 0 Å². The van der Waals surface area contributed by atoms with Crippen molar-refractivity contribution in [1.82, 2.24) is 0 Å². The van der Waals surface area contributed by atoms with Gasteiger partial charge in [0.2, 0.25) is 0 Å². The van der Waals surface area contributed by atoms with Crippen LogP contribution in [0.1, 0.15) is 51.4 Å². The summed E-state index contributed by atoms with van der Waals surface area (Å²) in [5, 5.41) is 0. The van der Waals surface area contributed by atoms with Crippen molar-refractivity contribution in [1.29, 1.82) is 0 Å². The highest BCUT2D eigenvalue weighted by Gasteiger charge is 2.44. The lowest BCUT2D eigenvalue weighted by Crippen LogP contribution is -2.30. The molecule has 6 unspecified atom stereocenters. The largest absolute Gasteiger partial charge is 0.268 e. The second-order valence-corrected chi connectivity index (χ2v) is 11.6. The first kappa shape index (κ1) is 17.2. The molecule has 0 amide bonds. The Kier molecular flexibility index (Phi) is 4.46. The van der Waals surface area contributed by atoms with Gasteiger partial charge in [-0.15, -0.1) is 0 Å². The van der Waals surface area contributed by atoms with Gasteiger partial charge in [-0.2, -0.15) is 16.8 Å². The molecule has 4 saturated carbocycles. The van der Waals surface area contributed by atoms with E-state index in [4.69, 9.17) is 8.37 Å². The summed E-state index contributed by atoms with van der Waals surface area (Å²) >= 11 is 0. The molecule has 0 spiro atoms. The Bertz CT molecular complexity index is 625. The molecule has 0 aromatic carbocycles. The van der Waals surface area contributed by atoms with Gasteiger partial charge in [0.05, 0.1) is 23.7 Å². The standard InChI is InChI=1S/C16H26O6S2/c17-23(18,21-15-9-11-1-3-13(15)7-11)5-6-24(19,20)22-16-10-12-2-4-14(16)8-12/h11-16H,1-10H2. The first-order valence-electron chi connectivity index (χ1n) is 9.11. The summed E-state index contributed by atoms with van der Waals surface area (Å²) in [5.74, 6) is 0.798. The van der Waals surface area contributed by atoms with E-state index in [0.717, 1.165) is 51.4 Å². The van der Waals surface area contributed by atoms with E-state index in [-0.39, 0.29) is 12.2 Å². The SMILES string of the molecule is O=S(=O)(CCS(=O)(=O)OC1CC2CCC1C2)OC1CC2CCC1C2. The molecule has 6 atom stereocenters. The molecule has 4 fully saturated rings. The normalized spacial score (nSPS) is 41.3. The molecular weight excluding hydrogens is 352 g/mol. The fraction of sp³-hybridized carbons (Fsp3) is 1.00. The molecule has 4 bridgehead atoms. The third kappa shape index (κ3) is 3.66. The van der Waals surface area contributed by atoms with E-state index in [0.29, 0.717) is 23.7 Å². The first-order chi connectivity index (χ1) is 11.3. The summed E-state index contributed by atoms with van der Waals surface area (Å²) in [7, 11) is -7.65. The zero-order valence-corrected chi connectivity index (χ0v) is 15.4. The molecule has 0 N–H and O–H groups in total. The van der Waals surface area contributed by atoms with E-state index >= 15 is 0 Å². The van der Waals surface area contributed by atoms with Gasteiger partial charge < -0.3 is 0 Å². The van der Waals surface area contributed by atoms with Crippen LogP contribution in [0.4, 0.5) is 0 Å². The Morgan fingerprint density at radius 3 is 1.33 bits per heavy atom. The fourth-order valence-corrected chi connectivity index (χ4v) is 8.34. The molecule has 4 aliphatic carbocycles. The van der Waals surface area contributed by atoms with Gasteiger partial charge in [-0.1, -0.05) is 0 Å². The highest BCUT2D eigenvalue weighted by Crippen LogP contribution is 2.47. The van der Waals surface area contributed by atoms with E-state index in [1.54, 1.807) is 0 Å². The van der Waals surface area contributed by atoms with Crippen molar-refractivity contribution < 1.29 is 25.2 Å². The quantitative estimate of drug-likeness (QED) is 0.630. The molecule has 8 heteroatoms. The Labute approximate surface area is 144 Å². The Morgan fingerprint density at radius 1 is 0.625 bits per heavy atom. The van der Waals surface area contributed by atoms with Crippen LogP contribution in [0.25, 0.3) is 0 Å². The zero-order chi connectivity index (χ0) is 16.9. The summed E-state index contributed by atoms with van der Waals surface area (Å²) in [6.07, 6.45) is 7.55. The van der Waals surface area contributed by atoms with Crippen LogP contribution in [0.2, 0.25) is 0 Å². The molecule has 0 aromatic rings. The maximum Gasteiger partial charge on any atom is 0.268 e. The zero-order valence-electron chi connectivity index (χ0n) is 13.8. The van der Waals surface area contributed by atoms with Gasteiger partial charge in [0.1, 0.15) is 0 Å². The minimum Gasteiger partial charge on any atom is -0.266 e. The molecule has 6 nitrogen and oxygen atoms in total. The van der Waals surface area contributed by atoms with Crippen LogP contribution in [-0.2, 0) is 28.6 Å². The van der Waals surface area contributed by atoms with Crippen molar-refractivity contribution in [3.05, 3.63) is 0 Å². The van der Waals surface area contributed by atoms with Crippen LogP contribution in [0.5, 0.6) is 0 Å². The van der Waals surface area contributed by atoms with Gasteiger partial charge in [-0.25, -0.2) is 0 Å². The average Bonchev–Trinajstić information content (AvgIpc) is 3.25. The van der Waals surface area contributed by atoms with Crippen molar-refractivity contribution in [3.63, 3.8) is 0 Å². The summed E-state index contributed by atoms with van der Waals surface area (Å²) < 4.78 is 59.1. The van der Waals surface area contributed by atoms with Gasteiger partial charge >= 0.3 is 0 Å². The van der Waals surface area contributed by atoms with E-state index in [2.05, 4.69) is 0 Å². The Balaban J connectivity index is 1.28. The molecule has 0 saturated heterocycles. The third-order valence-corrected chi connectivity index (χ3v) is 9.22. The number of hydrogen-bond donors (Lipinski definition) is 0. The number of hydrogen-bond acceptors (Lipinski definition) is 6. The lowest BCUT2D eigenvalue weighted by molar-refractivity contribution is 0.143. The summed E-state index contributed by atoms with van der Waals surface area (Å²) in [6, 6.07) is 0. The highest BCUT2D eigenvalue weighted by atomic mass is 32.2. The fourth-order valence-electron chi connectivity index (χ4n) is 5.29. The number of rotatable bonds is 7. The third-order valence-electron chi connectivity index (χ3n) is 6.47. The van der Waals surface area contributed by atoms with Crippen molar-refractivity contribution in [3.8, 4) is 0 Å². The molecule has 0 radical (unpaired) electrons. The minimum atomic E-state index is -3.82. The molecule has 138 valence electrons. The number of fused-ring (bicyclic) bond motifs is 4. The van der Waals surface area contributed by atoms with Crippen LogP contribution >= 0.6 is 0 Å². The lowest BCUT2D eigenvalue weighted by atomic mass is 9.98. The second-order valence-electron chi connectivity index (χ2n) is 8.14. The molecule has 0 aliphatic heterocycles. The smallest absolute Gasteiger partial charge is 0.266 e. The first-order valence-corrected chi connectivity index (χ1v) is 12.3. The van der Waals surface area contributed by atoms with Gasteiger partial charge in [0, 0.05) is 0 Å². The van der Waals surface area contributed by atoms with Gasteiger partial charge in [-0.05, 0) is 75.0 Å². The predicted molar refractivity (Wildman–Crippen MR) is 88.2 cm³/mol. The van der Waals surface area contributed by atoms with Crippen molar-refractivity contribution in [2.45, 2.75) is 63.6 Å². The Morgan fingerprint density at radius 2 is 1.04 bits per heavy atom. The minimum absolute atomic E-state index is 0.247. The summed E-state index contributed by atoms with van der Waals surface area (Å²) in [4.78, 5) is 0. The Hall–Kier alpha value is -0.180. The molecular formula is C16H26O6S2. The summed E-state index contributed by atoms with van der Waals surface area (Å²) in [6.45, 7) is 0. The molecule has 0 heterocycles. The van der Waals surface area contributed by atoms with Crippen molar-refractivity contribution in [2.75, 3.05) is 11.5 Å². The van der Waals surface area contributed by atoms with Crippen molar-refractivity contribution >= 4 is 20.2 Å². The van der Waals surface area contributed by atoms with Crippen LogP contribution in [0.15, 0.2) is 0 Å². The van der Waals surface area contributed by atoms with Crippen LogP contribution in [0.3, 0.4) is 0 Å². The van der Waals surface area contributed by atoms with Crippen molar-refractivity contribution in [2.24, 2.45) is 23.7 Å². The van der Waals surface area contributed by atoms with E-state index in [9.17, 15) is 16.8 Å². The second kappa shape index (κ2) is 6.21. The average molecular weight is 379 g/mol. The summed E-state index contributed by atoms with van der Waals surface area (Å²) in [5.41, 5.74) is 0. The monoisotopic (exact) mass is 378 g/mol. The molecule has 4 aliphatic rings. The molecule has 4 rings (SSSR count). The van der Waals surface area contributed by atoms with Crippen LogP contribution in [0, 0.1) is 23.7 Å². The van der Waals surface area contributed by atoms with Gasteiger partial charge in [0.15, 0.2) is 0 Å². The van der Waals surface area contributed by atoms with Gasteiger partial charge in [0.25, 0.3) is 20.2 Å². The maximum atomic E-state index is 12.1. The lowest BCUT2D eigenvalue weighted by Gasteiger charge is -2.22. The maximum absolute atomic E-state index is 12.1. The van der Waals surface area contributed by atoms with E-state index < -0.39 is 31.7 Å². The predicted octanol–water partition coefficient (Wildman–Crippen LogP) is 2.06.